The average Bonchev–Trinajstić information content (AvgIpc) is 2.99. The summed E-state index contributed by atoms with van der Waals surface area (Å²) in [6.45, 7) is 2.50. The van der Waals surface area contributed by atoms with E-state index in [1.165, 1.54) is 12.3 Å². The highest BCUT2D eigenvalue weighted by Crippen LogP contribution is 2.32. The van der Waals surface area contributed by atoms with Crippen molar-refractivity contribution >= 4 is 34.0 Å². The normalized spacial score (nSPS) is 16.3. The second-order valence-electron chi connectivity index (χ2n) is 10.5. The number of fused-ring (bicyclic) bond motifs is 1. The van der Waals surface area contributed by atoms with E-state index < -0.39 is 23.1 Å². The van der Waals surface area contributed by atoms with Crippen LogP contribution in [0.25, 0.3) is 22.2 Å². The lowest BCUT2D eigenvalue weighted by Gasteiger charge is -2.31. The smallest absolute Gasteiger partial charge is 0.259 e. The molecule has 0 atom stereocenters. The van der Waals surface area contributed by atoms with Gasteiger partial charge in [-0.25, -0.2) is 18.7 Å². The second kappa shape index (κ2) is 11.2. The maximum atomic E-state index is 15.4. The number of hydrogen-bond acceptors (Lipinski definition) is 7. The van der Waals surface area contributed by atoms with Crippen molar-refractivity contribution in [3.05, 3.63) is 76.3 Å². The van der Waals surface area contributed by atoms with E-state index in [9.17, 15) is 14.7 Å². The van der Waals surface area contributed by atoms with Gasteiger partial charge in [0, 0.05) is 37.9 Å². The zero-order valence-corrected chi connectivity index (χ0v) is 22.4. The number of hydrogen-bond donors (Lipinski definition) is 3. The van der Waals surface area contributed by atoms with Gasteiger partial charge in [-0.2, -0.15) is 0 Å². The number of aromatic amines is 1. The van der Waals surface area contributed by atoms with E-state index in [1.807, 2.05) is 6.07 Å². The minimum atomic E-state index is -0.832. The summed E-state index contributed by atoms with van der Waals surface area (Å²) in [7, 11) is 0. The van der Waals surface area contributed by atoms with Crippen molar-refractivity contribution < 1.29 is 18.7 Å². The number of nitrogens with zero attached hydrogens (tertiary/aromatic N) is 4. The lowest BCUT2D eigenvalue weighted by molar-refractivity contribution is 0.0719. The summed E-state index contributed by atoms with van der Waals surface area (Å²) in [4.78, 5) is 40.9. The lowest BCUT2D eigenvalue weighted by atomic mass is 10.0. The Balaban J connectivity index is 1.33. The van der Waals surface area contributed by atoms with Crippen LogP contribution < -0.4 is 15.8 Å². The molecular formula is C30H30F2N6O3. The third kappa shape index (κ3) is 5.49. The van der Waals surface area contributed by atoms with Crippen molar-refractivity contribution in [2.45, 2.75) is 38.2 Å². The minimum absolute atomic E-state index is 0.0995. The van der Waals surface area contributed by atoms with Crippen molar-refractivity contribution in [3.63, 3.8) is 0 Å². The number of aliphatic hydroxyl groups is 1. The van der Waals surface area contributed by atoms with Gasteiger partial charge in [0.2, 0.25) is 0 Å². The monoisotopic (exact) mass is 560 g/mol. The van der Waals surface area contributed by atoms with E-state index in [0.717, 1.165) is 50.2 Å². The molecule has 9 nitrogen and oxygen atoms in total. The van der Waals surface area contributed by atoms with Gasteiger partial charge in [0.1, 0.15) is 17.5 Å². The Morgan fingerprint density at radius 3 is 2.51 bits per heavy atom. The summed E-state index contributed by atoms with van der Waals surface area (Å²) in [6.07, 6.45) is 6.94. The Kier molecular flexibility index (Phi) is 7.36. The van der Waals surface area contributed by atoms with Crippen molar-refractivity contribution in [3.8, 4) is 11.3 Å². The average molecular weight is 561 g/mol. The molecule has 0 radical (unpaired) electrons. The summed E-state index contributed by atoms with van der Waals surface area (Å²) >= 11 is 0. The largest absolute Gasteiger partial charge is 0.393 e. The van der Waals surface area contributed by atoms with Crippen molar-refractivity contribution in [2.24, 2.45) is 0 Å². The van der Waals surface area contributed by atoms with Crippen LogP contribution in [0.5, 0.6) is 0 Å². The summed E-state index contributed by atoms with van der Waals surface area (Å²) in [5.74, 6) is -1.70. The molecule has 0 bridgehead atoms. The third-order valence-electron chi connectivity index (χ3n) is 7.78. The second-order valence-corrected chi connectivity index (χ2v) is 10.5. The molecule has 0 aliphatic carbocycles. The number of carbonyl (C=O) groups is 1. The molecule has 5 heterocycles. The molecule has 212 valence electrons. The molecule has 41 heavy (non-hydrogen) atoms. The van der Waals surface area contributed by atoms with Gasteiger partial charge in [-0.15, -0.1) is 0 Å². The highest BCUT2D eigenvalue weighted by atomic mass is 19.1. The number of H-pyrrole nitrogens is 1. The summed E-state index contributed by atoms with van der Waals surface area (Å²) in [5.41, 5.74) is 0.781. The number of benzene rings is 1. The molecule has 3 aromatic heterocycles. The third-order valence-corrected chi connectivity index (χ3v) is 7.78. The van der Waals surface area contributed by atoms with Crippen LogP contribution in [0.3, 0.4) is 0 Å². The van der Waals surface area contributed by atoms with E-state index in [1.54, 1.807) is 23.2 Å². The Labute approximate surface area is 234 Å². The number of aliphatic hydroxyl groups excluding tert-OH is 1. The fraction of sp³-hybridized carbons (Fsp3) is 0.333. The van der Waals surface area contributed by atoms with E-state index in [-0.39, 0.29) is 33.8 Å². The van der Waals surface area contributed by atoms with Crippen LogP contribution in [0, 0.1) is 11.6 Å². The minimum Gasteiger partial charge on any atom is -0.393 e. The number of aromatic nitrogens is 3. The molecule has 2 aliphatic rings. The molecule has 1 aromatic carbocycles. The Morgan fingerprint density at radius 1 is 1.00 bits per heavy atom. The number of carbonyl (C=O) groups excluding carboxylic acids is 1. The number of halogens is 2. The fourth-order valence-electron chi connectivity index (χ4n) is 5.51. The molecule has 2 saturated heterocycles. The van der Waals surface area contributed by atoms with E-state index in [0.29, 0.717) is 37.4 Å². The molecule has 4 aromatic rings. The number of nitrogens with one attached hydrogen (secondary N) is 2. The van der Waals surface area contributed by atoms with E-state index >= 15 is 8.78 Å². The topological polar surface area (TPSA) is 114 Å². The van der Waals surface area contributed by atoms with Gasteiger partial charge in [-0.05, 0) is 68.5 Å². The zero-order chi connectivity index (χ0) is 28.5. The lowest BCUT2D eigenvalue weighted by Crippen LogP contribution is -2.36. The molecule has 6 rings (SSSR count). The van der Waals surface area contributed by atoms with Gasteiger partial charge in [0.05, 0.1) is 45.8 Å². The highest BCUT2D eigenvalue weighted by Gasteiger charge is 2.24. The Morgan fingerprint density at radius 2 is 1.78 bits per heavy atom. The molecule has 0 saturated carbocycles. The van der Waals surface area contributed by atoms with Gasteiger partial charge in [0.15, 0.2) is 0 Å². The number of anilines is 3. The fourth-order valence-corrected chi connectivity index (χ4v) is 5.51. The highest BCUT2D eigenvalue weighted by molar-refractivity contribution is 5.96. The van der Waals surface area contributed by atoms with Gasteiger partial charge >= 0.3 is 0 Å². The van der Waals surface area contributed by atoms with Crippen molar-refractivity contribution in [1.82, 2.24) is 19.9 Å². The maximum Gasteiger partial charge on any atom is 0.259 e. The molecule has 1 amide bonds. The van der Waals surface area contributed by atoms with Crippen LogP contribution in [0.15, 0.2) is 53.6 Å². The molecule has 0 unspecified atom stereocenters. The van der Waals surface area contributed by atoms with Crippen LogP contribution >= 0.6 is 0 Å². The SMILES string of the molecule is O=C(c1cc(F)c(-c2cc(Nc3ccc(N4CCC(O)CC4)cn3)c3c(=O)[nH]ccc3n2)cc1F)N1CCCCC1. The van der Waals surface area contributed by atoms with Crippen molar-refractivity contribution in [1.29, 1.82) is 0 Å². The quantitative estimate of drug-likeness (QED) is 0.327. The van der Waals surface area contributed by atoms with Crippen LogP contribution in [-0.2, 0) is 0 Å². The van der Waals surface area contributed by atoms with Gasteiger partial charge in [0.25, 0.3) is 11.5 Å². The first-order valence-electron chi connectivity index (χ1n) is 13.8. The van der Waals surface area contributed by atoms with Gasteiger partial charge < -0.3 is 25.2 Å². The van der Waals surface area contributed by atoms with Crippen molar-refractivity contribution in [2.75, 3.05) is 36.4 Å². The number of pyridine rings is 3. The molecule has 2 fully saturated rings. The number of likely N-dealkylation sites (tertiary alicyclic amines) is 1. The van der Waals surface area contributed by atoms with Gasteiger partial charge in [-0.3, -0.25) is 9.59 Å². The van der Waals surface area contributed by atoms with Crippen LogP contribution in [-0.4, -0.2) is 63.1 Å². The Bertz CT molecular complexity index is 1650. The van der Waals surface area contributed by atoms with Crippen LogP contribution in [0.4, 0.5) is 26.0 Å². The van der Waals surface area contributed by atoms with E-state index in [4.69, 9.17) is 0 Å². The van der Waals surface area contributed by atoms with Gasteiger partial charge in [-0.1, -0.05) is 0 Å². The maximum absolute atomic E-state index is 15.4. The summed E-state index contributed by atoms with van der Waals surface area (Å²) in [6, 6.07) is 8.64. The molecule has 3 N–H and O–H groups in total. The predicted molar refractivity (Wildman–Crippen MR) is 152 cm³/mol. The first-order valence-corrected chi connectivity index (χ1v) is 13.8. The number of rotatable bonds is 5. The zero-order valence-electron chi connectivity index (χ0n) is 22.4. The van der Waals surface area contributed by atoms with Crippen LogP contribution in [0.1, 0.15) is 42.5 Å². The first kappa shape index (κ1) is 26.8. The summed E-state index contributed by atoms with van der Waals surface area (Å²) in [5, 5.41) is 13.1. The first-order chi connectivity index (χ1) is 19.9. The molecular weight excluding hydrogens is 530 g/mol. The summed E-state index contributed by atoms with van der Waals surface area (Å²) < 4.78 is 30.6. The predicted octanol–water partition coefficient (Wildman–Crippen LogP) is 4.59. The standard InChI is InChI=1S/C30H30F2N6O3/c31-22-15-21(30(41)38-10-2-1-3-11-38)23(32)14-20(22)25-16-26(28-24(35-25)6-9-33-29(28)40)36-27-5-4-18(17-34-27)37-12-7-19(39)8-13-37/h4-6,9,14-17,19,39H,1-3,7-8,10-13H2,(H,33,40)(H,34,35,36). The number of piperidine rings is 2. The molecule has 2 aliphatic heterocycles. The number of amides is 1. The van der Waals surface area contributed by atoms with Crippen LogP contribution in [0.2, 0.25) is 0 Å². The molecule has 11 heteroatoms. The molecule has 0 spiro atoms. The van der Waals surface area contributed by atoms with E-state index in [2.05, 4.69) is 25.2 Å². The Hall–Kier alpha value is -4.38.